The van der Waals surface area contributed by atoms with Gasteiger partial charge in [0.2, 0.25) is 0 Å². The average Bonchev–Trinajstić information content (AvgIpc) is 2.64. The number of nitrogens with zero attached hydrogens (tertiary/aromatic N) is 1. The molecule has 2 aromatic carbocycles. The highest BCUT2D eigenvalue weighted by molar-refractivity contribution is 5.73. The number of nitrogens with one attached hydrogen (secondary N) is 1. The zero-order valence-electron chi connectivity index (χ0n) is 16.9. The predicted octanol–water partition coefficient (Wildman–Crippen LogP) is 4.79. The first kappa shape index (κ1) is 21.3. The summed E-state index contributed by atoms with van der Waals surface area (Å²) < 4.78 is 16.0. The third-order valence-corrected chi connectivity index (χ3v) is 3.87. The molecule has 0 aromatic heterocycles. The zero-order valence-corrected chi connectivity index (χ0v) is 16.9. The number of benzene rings is 2. The number of rotatable bonds is 6. The fourth-order valence-electron chi connectivity index (χ4n) is 2.61. The molecular formula is C22H26N2O4. The van der Waals surface area contributed by atoms with Gasteiger partial charge in [0.25, 0.3) is 0 Å². The molecule has 28 heavy (non-hydrogen) atoms. The molecule has 148 valence electrons. The number of amides is 1. The van der Waals surface area contributed by atoms with Crippen LogP contribution in [-0.2, 0) is 9.47 Å². The summed E-state index contributed by atoms with van der Waals surface area (Å²) in [5.41, 5.74) is 2.53. The molecule has 0 saturated carbocycles. The zero-order chi connectivity index (χ0) is 20.7. The Bertz CT molecular complexity index is 866. The van der Waals surface area contributed by atoms with Crippen molar-refractivity contribution < 1.29 is 19.0 Å². The lowest BCUT2D eigenvalue weighted by molar-refractivity contribution is 0.0508. The van der Waals surface area contributed by atoms with Crippen LogP contribution in [0.25, 0.3) is 11.1 Å². The second-order valence-corrected chi connectivity index (χ2v) is 7.37. The minimum atomic E-state index is -0.565. The van der Waals surface area contributed by atoms with Crippen molar-refractivity contribution in [1.29, 1.82) is 5.26 Å². The maximum atomic E-state index is 12.1. The lowest BCUT2D eigenvalue weighted by Crippen LogP contribution is -2.34. The quantitative estimate of drug-likeness (QED) is 0.726. The summed E-state index contributed by atoms with van der Waals surface area (Å²) in [4.78, 5) is 12.1. The Morgan fingerprint density at radius 1 is 1.21 bits per heavy atom. The Kier molecular flexibility index (Phi) is 7.02. The largest absolute Gasteiger partial charge is 0.467 e. The van der Waals surface area contributed by atoms with E-state index in [9.17, 15) is 10.1 Å². The van der Waals surface area contributed by atoms with Gasteiger partial charge in [-0.05, 0) is 63.1 Å². The van der Waals surface area contributed by atoms with Gasteiger partial charge >= 0.3 is 6.09 Å². The monoisotopic (exact) mass is 382 g/mol. The third kappa shape index (κ3) is 6.00. The van der Waals surface area contributed by atoms with Crippen molar-refractivity contribution in [2.24, 2.45) is 0 Å². The number of nitriles is 1. The standard InChI is InChI=1S/C22H26N2O4/c1-15(24-21(25)28-22(2,3)4)17-9-10-20(27-14-26-5)19(12-17)18-8-6-7-16(11-18)13-23/h6-12,15H,14H2,1-5H3,(H,24,25). The van der Waals surface area contributed by atoms with Gasteiger partial charge in [0.1, 0.15) is 11.4 Å². The van der Waals surface area contributed by atoms with Gasteiger partial charge < -0.3 is 19.5 Å². The summed E-state index contributed by atoms with van der Waals surface area (Å²) in [6, 6.07) is 14.8. The van der Waals surface area contributed by atoms with Gasteiger partial charge in [-0.1, -0.05) is 18.2 Å². The van der Waals surface area contributed by atoms with Gasteiger partial charge in [0.05, 0.1) is 17.7 Å². The van der Waals surface area contributed by atoms with Crippen LogP contribution >= 0.6 is 0 Å². The minimum absolute atomic E-state index is 0.107. The molecule has 0 aliphatic heterocycles. The first-order valence-electron chi connectivity index (χ1n) is 8.99. The number of alkyl carbamates (subject to hydrolysis) is 1. The van der Waals surface area contributed by atoms with Crippen LogP contribution in [0.4, 0.5) is 4.79 Å². The van der Waals surface area contributed by atoms with Crippen molar-refractivity contribution in [3.05, 3.63) is 53.6 Å². The van der Waals surface area contributed by atoms with E-state index in [1.54, 1.807) is 19.2 Å². The van der Waals surface area contributed by atoms with Gasteiger partial charge in [0.15, 0.2) is 6.79 Å². The summed E-state index contributed by atoms with van der Waals surface area (Å²) in [6.07, 6.45) is -0.479. The number of carbonyl (C=O) groups excluding carboxylic acids is 1. The number of ether oxygens (including phenoxy) is 3. The second kappa shape index (κ2) is 9.25. The number of methoxy groups -OCH3 is 1. The molecule has 2 aromatic rings. The molecule has 1 amide bonds. The van der Waals surface area contributed by atoms with E-state index in [4.69, 9.17) is 14.2 Å². The van der Waals surface area contributed by atoms with Crippen LogP contribution in [0.3, 0.4) is 0 Å². The molecule has 6 nitrogen and oxygen atoms in total. The number of hydrogen-bond donors (Lipinski definition) is 1. The maximum absolute atomic E-state index is 12.1. The van der Waals surface area contributed by atoms with Crippen molar-refractivity contribution in [2.75, 3.05) is 13.9 Å². The number of hydrogen-bond acceptors (Lipinski definition) is 5. The van der Waals surface area contributed by atoms with E-state index in [0.29, 0.717) is 11.3 Å². The van der Waals surface area contributed by atoms with Crippen LogP contribution in [0.1, 0.15) is 44.9 Å². The highest BCUT2D eigenvalue weighted by Gasteiger charge is 2.19. The van der Waals surface area contributed by atoms with Crippen LogP contribution in [0.15, 0.2) is 42.5 Å². The molecule has 0 radical (unpaired) electrons. The highest BCUT2D eigenvalue weighted by atomic mass is 16.7. The third-order valence-electron chi connectivity index (χ3n) is 3.87. The second-order valence-electron chi connectivity index (χ2n) is 7.37. The number of carbonyl (C=O) groups is 1. The SMILES string of the molecule is COCOc1ccc(C(C)NC(=O)OC(C)(C)C)cc1-c1cccc(C#N)c1. The molecule has 6 heteroatoms. The summed E-state index contributed by atoms with van der Waals surface area (Å²) in [5, 5.41) is 12.0. The lowest BCUT2D eigenvalue weighted by Gasteiger charge is -2.22. The summed E-state index contributed by atoms with van der Waals surface area (Å²) in [5.74, 6) is 0.630. The molecule has 0 heterocycles. The molecule has 0 spiro atoms. The van der Waals surface area contributed by atoms with E-state index < -0.39 is 11.7 Å². The Morgan fingerprint density at radius 3 is 2.61 bits per heavy atom. The van der Waals surface area contributed by atoms with Crippen molar-refractivity contribution in [3.8, 4) is 22.9 Å². The van der Waals surface area contributed by atoms with Gasteiger partial charge in [-0.3, -0.25) is 0 Å². The molecule has 0 saturated heterocycles. The van der Waals surface area contributed by atoms with Gasteiger partial charge in [0, 0.05) is 12.7 Å². The predicted molar refractivity (Wildman–Crippen MR) is 107 cm³/mol. The Balaban J connectivity index is 2.34. The van der Waals surface area contributed by atoms with Crippen molar-refractivity contribution >= 4 is 6.09 Å². The van der Waals surface area contributed by atoms with Crippen LogP contribution in [-0.4, -0.2) is 25.6 Å². The minimum Gasteiger partial charge on any atom is -0.467 e. The molecular weight excluding hydrogens is 356 g/mol. The smallest absolute Gasteiger partial charge is 0.408 e. The van der Waals surface area contributed by atoms with E-state index in [0.717, 1.165) is 16.7 Å². The first-order valence-corrected chi connectivity index (χ1v) is 8.99. The maximum Gasteiger partial charge on any atom is 0.408 e. The van der Waals surface area contributed by atoms with Crippen LogP contribution in [0.2, 0.25) is 0 Å². The summed E-state index contributed by atoms with van der Waals surface area (Å²) >= 11 is 0. The van der Waals surface area contributed by atoms with E-state index in [-0.39, 0.29) is 12.8 Å². The fraction of sp³-hybridized carbons (Fsp3) is 0.364. The summed E-state index contributed by atoms with van der Waals surface area (Å²) in [7, 11) is 1.55. The molecule has 0 bridgehead atoms. The Morgan fingerprint density at radius 2 is 1.96 bits per heavy atom. The molecule has 1 unspecified atom stereocenters. The highest BCUT2D eigenvalue weighted by Crippen LogP contribution is 2.33. The topological polar surface area (TPSA) is 80.6 Å². The first-order chi connectivity index (χ1) is 13.2. The summed E-state index contributed by atoms with van der Waals surface area (Å²) in [6.45, 7) is 7.44. The molecule has 0 aliphatic rings. The van der Waals surface area contributed by atoms with Gasteiger partial charge in [-0.25, -0.2) is 4.79 Å². The van der Waals surface area contributed by atoms with Crippen molar-refractivity contribution in [3.63, 3.8) is 0 Å². The molecule has 2 rings (SSSR count). The average molecular weight is 382 g/mol. The van der Waals surface area contributed by atoms with E-state index >= 15 is 0 Å². The lowest BCUT2D eigenvalue weighted by atomic mass is 9.98. The normalized spacial score (nSPS) is 12.0. The molecule has 1 atom stereocenters. The molecule has 1 N–H and O–H groups in total. The van der Waals surface area contributed by atoms with Crippen molar-refractivity contribution in [2.45, 2.75) is 39.3 Å². The Labute approximate surface area is 166 Å². The molecule has 0 aliphatic carbocycles. The van der Waals surface area contributed by atoms with Crippen LogP contribution < -0.4 is 10.1 Å². The fourth-order valence-corrected chi connectivity index (χ4v) is 2.61. The molecule has 0 fully saturated rings. The van der Waals surface area contributed by atoms with E-state index in [2.05, 4.69) is 11.4 Å². The van der Waals surface area contributed by atoms with Gasteiger partial charge in [-0.2, -0.15) is 5.26 Å². The van der Waals surface area contributed by atoms with Crippen LogP contribution in [0.5, 0.6) is 5.75 Å². The van der Waals surface area contributed by atoms with Crippen molar-refractivity contribution in [1.82, 2.24) is 5.32 Å². The van der Waals surface area contributed by atoms with E-state index in [1.807, 2.05) is 58.0 Å². The van der Waals surface area contributed by atoms with Crippen LogP contribution in [0, 0.1) is 11.3 Å². The van der Waals surface area contributed by atoms with Gasteiger partial charge in [-0.15, -0.1) is 0 Å². The Hall–Kier alpha value is -3.04. The van der Waals surface area contributed by atoms with E-state index in [1.165, 1.54) is 0 Å².